The summed E-state index contributed by atoms with van der Waals surface area (Å²) in [6.45, 7) is 2.57. The first-order chi connectivity index (χ1) is 6.33. The number of methoxy groups -OCH3 is 1. The number of ether oxygens (including phenoxy) is 2. The molecule has 3 nitrogen and oxygen atoms in total. The van der Waals surface area contributed by atoms with Gasteiger partial charge in [0, 0.05) is 17.6 Å². The third-order valence-corrected chi connectivity index (χ3v) is 2.10. The van der Waals surface area contributed by atoms with E-state index in [4.69, 9.17) is 9.47 Å². The summed E-state index contributed by atoms with van der Waals surface area (Å²) in [6.07, 6.45) is 1.71. The minimum Gasteiger partial charge on any atom is -0.491 e. The van der Waals surface area contributed by atoms with Crippen LogP contribution in [0.5, 0.6) is 11.5 Å². The molecule has 0 saturated carbocycles. The topological polar surface area (TPSA) is 31.4 Å². The first-order valence-corrected chi connectivity index (χ1v) is 5.16. The fourth-order valence-electron chi connectivity index (χ4n) is 1.05. The predicted molar refractivity (Wildman–Crippen MR) is 54.6 cm³/mol. The highest BCUT2D eigenvalue weighted by Crippen LogP contribution is 2.30. The van der Waals surface area contributed by atoms with Crippen molar-refractivity contribution in [3.05, 3.63) is 18.0 Å². The summed E-state index contributed by atoms with van der Waals surface area (Å²) in [6, 6.07) is 1.80. The van der Waals surface area contributed by atoms with Gasteiger partial charge in [-0.1, -0.05) is 15.9 Å². The first-order valence-electron chi connectivity index (χ1n) is 4.04. The molecule has 0 radical (unpaired) electrons. The van der Waals surface area contributed by atoms with Gasteiger partial charge in [0.1, 0.15) is 0 Å². The summed E-state index contributed by atoms with van der Waals surface area (Å²) in [5, 5.41) is 0.664. The van der Waals surface area contributed by atoms with Crippen LogP contribution in [0.25, 0.3) is 0 Å². The number of aromatic nitrogens is 1. The molecule has 0 aliphatic rings. The lowest BCUT2D eigenvalue weighted by molar-refractivity contribution is 0.308. The molecule has 0 N–H and O–H groups in total. The molecule has 0 aromatic carbocycles. The molecule has 1 aromatic rings. The quantitative estimate of drug-likeness (QED) is 0.764. The molecule has 72 valence electrons. The molecule has 0 aliphatic heterocycles. The number of hydrogen-bond acceptors (Lipinski definition) is 3. The standard InChI is InChI=1S/C9H12BrNO2/c1-3-13-8-4-5-11-7(6-10)9(8)12-2/h4-5H,3,6H2,1-2H3. The average molecular weight is 246 g/mol. The third kappa shape index (κ3) is 2.34. The van der Waals surface area contributed by atoms with Crippen LogP contribution >= 0.6 is 15.9 Å². The highest BCUT2D eigenvalue weighted by Gasteiger charge is 2.09. The smallest absolute Gasteiger partial charge is 0.183 e. The molecule has 0 saturated heterocycles. The van der Waals surface area contributed by atoms with Gasteiger partial charge in [-0.15, -0.1) is 0 Å². The first kappa shape index (κ1) is 10.3. The fraction of sp³-hybridized carbons (Fsp3) is 0.444. The van der Waals surface area contributed by atoms with Crippen molar-refractivity contribution in [2.24, 2.45) is 0 Å². The van der Waals surface area contributed by atoms with Gasteiger partial charge < -0.3 is 9.47 Å². The SMILES string of the molecule is CCOc1ccnc(CBr)c1OC. The van der Waals surface area contributed by atoms with Gasteiger partial charge in [-0.2, -0.15) is 0 Å². The van der Waals surface area contributed by atoms with E-state index in [9.17, 15) is 0 Å². The van der Waals surface area contributed by atoms with Gasteiger partial charge in [0.25, 0.3) is 0 Å². The van der Waals surface area contributed by atoms with E-state index in [1.165, 1.54) is 0 Å². The summed E-state index contributed by atoms with van der Waals surface area (Å²) in [4.78, 5) is 4.16. The van der Waals surface area contributed by atoms with E-state index in [1.54, 1.807) is 19.4 Å². The van der Waals surface area contributed by atoms with E-state index in [2.05, 4.69) is 20.9 Å². The lowest BCUT2D eigenvalue weighted by atomic mass is 10.3. The highest BCUT2D eigenvalue weighted by atomic mass is 79.9. The van der Waals surface area contributed by atoms with E-state index in [0.717, 1.165) is 11.4 Å². The molecule has 1 rings (SSSR count). The molecule has 0 amide bonds. The van der Waals surface area contributed by atoms with Crippen LogP contribution in [0.15, 0.2) is 12.3 Å². The van der Waals surface area contributed by atoms with Crippen molar-refractivity contribution in [3.63, 3.8) is 0 Å². The molecule has 1 heterocycles. The minimum atomic E-state index is 0.627. The second-order valence-electron chi connectivity index (χ2n) is 2.36. The lowest BCUT2D eigenvalue weighted by Crippen LogP contribution is -1.99. The number of halogens is 1. The Morgan fingerprint density at radius 1 is 1.54 bits per heavy atom. The summed E-state index contributed by atoms with van der Waals surface area (Å²) in [5.74, 6) is 1.45. The van der Waals surface area contributed by atoms with Crippen molar-refractivity contribution < 1.29 is 9.47 Å². The van der Waals surface area contributed by atoms with Crippen LogP contribution in [0, 0.1) is 0 Å². The maximum atomic E-state index is 5.38. The zero-order chi connectivity index (χ0) is 9.68. The summed E-state index contributed by atoms with van der Waals surface area (Å²) in [5.41, 5.74) is 0.855. The van der Waals surface area contributed by atoms with Gasteiger partial charge in [0.15, 0.2) is 11.5 Å². The summed E-state index contributed by atoms with van der Waals surface area (Å²) >= 11 is 3.34. The van der Waals surface area contributed by atoms with Gasteiger partial charge in [0.05, 0.1) is 19.4 Å². The van der Waals surface area contributed by atoms with Crippen molar-refractivity contribution in [2.45, 2.75) is 12.3 Å². The number of alkyl halides is 1. The third-order valence-electron chi connectivity index (χ3n) is 1.57. The maximum absolute atomic E-state index is 5.38. The molecule has 0 fully saturated rings. The van der Waals surface area contributed by atoms with Crippen molar-refractivity contribution >= 4 is 15.9 Å². The fourth-order valence-corrected chi connectivity index (χ4v) is 1.45. The largest absolute Gasteiger partial charge is 0.491 e. The van der Waals surface area contributed by atoms with E-state index in [0.29, 0.717) is 17.7 Å². The minimum absolute atomic E-state index is 0.627. The van der Waals surface area contributed by atoms with Gasteiger partial charge in [0.2, 0.25) is 0 Å². The number of nitrogens with zero attached hydrogens (tertiary/aromatic N) is 1. The van der Waals surface area contributed by atoms with Crippen LogP contribution < -0.4 is 9.47 Å². The highest BCUT2D eigenvalue weighted by molar-refractivity contribution is 9.08. The van der Waals surface area contributed by atoms with Crippen LogP contribution in [0.1, 0.15) is 12.6 Å². The molecular formula is C9H12BrNO2. The second-order valence-corrected chi connectivity index (χ2v) is 2.92. The number of hydrogen-bond donors (Lipinski definition) is 0. The van der Waals surface area contributed by atoms with E-state index in [1.807, 2.05) is 6.92 Å². The normalized spacial score (nSPS) is 9.77. The van der Waals surface area contributed by atoms with Crippen molar-refractivity contribution in [3.8, 4) is 11.5 Å². The van der Waals surface area contributed by atoms with Crippen molar-refractivity contribution in [2.75, 3.05) is 13.7 Å². The molecule has 0 atom stereocenters. The van der Waals surface area contributed by atoms with Crippen molar-refractivity contribution in [1.29, 1.82) is 0 Å². The number of rotatable bonds is 4. The van der Waals surface area contributed by atoms with Crippen LogP contribution in [0.4, 0.5) is 0 Å². The Balaban J connectivity index is 3.03. The molecule has 13 heavy (non-hydrogen) atoms. The molecule has 4 heteroatoms. The molecular weight excluding hydrogens is 234 g/mol. The van der Waals surface area contributed by atoms with Crippen LogP contribution in [-0.2, 0) is 5.33 Å². The Bertz CT molecular complexity index is 278. The summed E-state index contributed by atoms with van der Waals surface area (Å²) in [7, 11) is 1.62. The van der Waals surface area contributed by atoms with E-state index in [-0.39, 0.29) is 0 Å². The Morgan fingerprint density at radius 2 is 2.31 bits per heavy atom. The monoisotopic (exact) mass is 245 g/mol. The average Bonchev–Trinajstić information content (AvgIpc) is 2.18. The van der Waals surface area contributed by atoms with Crippen LogP contribution in [-0.4, -0.2) is 18.7 Å². The molecule has 0 unspecified atom stereocenters. The van der Waals surface area contributed by atoms with Gasteiger partial charge in [-0.25, -0.2) is 0 Å². The van der Waals surface area contributed by atoms with Crippen LogP contribution in [0.3, 0.4) is 0 Å². The maximum Gasteiger partial charge on any atom is 0.183 e. The zero-order valence-electron chi connectivity index (χ0n) is 7.71. The molecule has 0 spiro atoms. The Hall–Kier alpha value is -0.770. The zero-order valence-corrected chi connectivity index (χ0v) is 9.30. The van der Waals surface area contributed by atoms with E-state index >= 15 is 0 Å². The Morgan fingerprint density at radius 3 is 2.85 bits per heavy atom. The summed E-state index contributed by atoms with van der Waals surface area (Å²) < 4.78 is 10.6. The van der Waals surface area contributed by atoms with Gasteiger partial charge >= 0.3 is 0 Å². The predicted octanol–water partition coefficient (Wildman–Crippen LogP) is 2.38. The van der Waals surface area contributed by atoms with Crippen molar-refractivity contribution in [1.82, 2.24) is 4.98 Å². The molecule has 0 aliphatic carbocycles. The Kier molecular flexibility index (Phi) is 4.02. The van der Waals surface area contributed by atoms with Gasteiger partial charge in [-0.05, 0) is 6.92 Å². The van der Waals surface area contributed by atoms with E-state index < -0.39 is 0 Å². The molecule has 1 aromatic heterocycles. The van der Waals surface area contributed by atoms with Gasteiger partial charge in [-0.3, -0.25) is 4.98 Å². The lowest BCUT2D eigenvalue weighted by Gasteiger charge is -2.10. The second kappa shape index (κ2) is 5.07. The molecule has 0 bridgehead atoms. The Labute approximate surface area is 86.2 Å². The number of pyridine rings is 1. The van der Waals surface area contributed by atoms with Crippen LogP contribution in [0.2, 0.25) is 0 Å².